The van der Waals surface area contributed by atoms with Gasteiger partial charge in [0.15, 0.2) is 0 Å². The third-order valence-corrected chi connectivity index (χ3v) is 6.21. The fourth-order valence-corrected chi connectivity index (χ4v) is 5.63. The number of halogens is 2. The Kier molecular flexibility index (Phi) is 2.70. The zero-order chi connectivity index (χ0) is 8.60. The van der Waals surface area contributed by atoms with E-state index in [9.17, 15) is 0 Å². The second-order valence-electron chi connectivity index (χ2n) is 2.52. The van der Waals surface area contributed by atoms with Crippen molar-refractivity contribution in [3.8, 4) is 0 Å². The van der Waals surface area contributed by atoms with Crippen molar-refractivity contribution in [2.45, 2.75) is 10.1 Å². The second kappa shape index (κ2) is 3.48. The molecule has 12 heavy (non-hydrogen) atoms. The van der Waals surface area contributed by atoms with Gasteiger partial charge in [-0.25, -0.2) is 0 Å². The lowest BCUT2D eigenvalue weighted by atomic mass is 10.2. The lowest BCUT2D eigenvalue weighted by Crippen LogP contribution is -2.05. The maximum Gasteiger partial charge on any atom is 0.113 e. The first-order valence-corrected chi connectivity index (χ1v) is 6.76. The van der Waals surface area contributed by atoms with Crippen LogP contribution in [0.2, 0.25) is 0 Å². The summed E-state index contributed by atoms with van der Waals surface area (Å²) in [4.78, 5) is 1.39. The number of hydrogen-bond acceptors (Lipinski definition) is 2. The second-order valence-corrected chi connectivity index (χ2v) is 8.07. The highest BCUT2D eigenvalue weighted by Crippen LogP contribution is 2.56. The molecule has 0 amide bonds. The molecule has 2 heterocycles. The molecule has 1 aromatic rings. The van der Waals surface area contributed by atoms with Crippen molar-refractivity contribution in [3.05, 3.63) is 32.3 Å². The molecule has 0 radical (unpaired) electrons. The predicted molar refractivity (Wildman–Crippen MR) is 64.1 cm³/mol. The summed E-state index contributed by atoms with van der Waals surface area (Å²) in [6, 6.07) is 4.27. The average molecular weight is 326 g/mol. The molecular formula is C8H6Br2S2. The van der Waals surface area contributed by atoms with Crippen molar-refractivity contribution in [1.29, 1.82) is 0 Å². The Balaban J connectivity index is 2.26. The van der Waals surface area contributed by atoms with Crippen LogP contribution in [0.25, 0.3) is 0 Å². The van der Waals surface area contributed by atoms with Crippen LogP contribution in [-0.4, -0.2) is 0 Å². The van der Waals surface area contributed by atoms with Crippen LogP contribution in [0.1, 0.15) is 11.3 Å². The van der Waals surface area contributed by atoms with Gasteiger partial charge in [-0.2, -0.15) is 0 Å². The molecule has 0 aliphatic carbocycles. The van der Waals surface area contributed by atoms with E-state index in [-0.39, 0.29) is 3.66 Å². The number of thiophene rings is 1. The van der Waals surface area contributed by atoms with E-state index in [0.717, 1.165) is 6.42 Å². The maximum atomic E-state index is 3.76. The molecular weight excluding hydrogens is 320 g/mol. The van der Waals surface area contributed by atoms with Crippen LogP contribution in [0.4, 0.5) is 0 Å². The van der Waals surface area contributed by atoms with Crippen molar-refractivity contribution < 1.29 is 0 Å². The summed E-state index contributed by atoms with van der Waals surface area (Å²) >= 11 is 10.9. The van der Waals surface area contributed by atoms with E-state index < -0.39 is 0 Å². The van der Waals surface area contributed by atoms with Crippen molar-refractivity contribution >= 4 is 55.0 Å². The van der Waals surface area contributed by atoms with Gasteiger partial charge in [0.05, 0.1) is 0 Å². The Morgan fingerprint density at radius 3 is 2.83 bits per heavy atom. The summed E-state index contributed by atoms with van der Waals surface area (Å²) in [7, 11) is 0. The molecule has 0 spiro atoms. The fourth-order valence-electron chi connectivity index (χ4n) is 1.09. The summed E-state index contributed by atoms with van der Waals surface area (Å²) in [5.41, 5.74) is 0. The quantitative estimate of drug-likeness (QED) is 0.676. The molecule has 0 saturated carbocycles. The Morgan fingerprint density at radius 2 is 2.33 bits per heavy atom. The SMILES string of the molecule is BrC1=CCC(Br)(c2cccs2)S1. The number of rotatable bonds is 1. The Hall–Kier alpha value is 0.750. The van der Waals surface area contributed by atoms with Crippen molar-refractivity contribution in [2.75, 3.05) is 0 Å². The normalized spacial score (nSPS) is 29.0. The highest BCUT2D eigenvalue weighted by Gasteiger charge is 2.34. The molecule has 0 nitrogen and oxygen atoms in total. The van der Waals surface area contributed by atoms with Gasteiger partial charge < -0.3 is 0 Å². The lowest BCUT2D eigenvalue weighted by Gasteiger charge is -2.18. The zero-order valence-corrected chi connectivity index (χ0v) is 10.9. The van der Waals surface area contributed by atoms with E-state index in [1.54, 1.807) is 11.3 Å². The van der Waals surface area contributed by atoms with Crippen LogP contribution in [0.5, 0.6) is 0 Å². The van der Waals surface area contributed by atoms with Crippen LogP contribution in [0, 0.1) is 0 Å². The van der Waals surface area contributed by atoms with Gasteiger partial charge in [-0.05, 0) is 33.8 Å². The number of thioether (sulfide) groups is 1. The van der Waals surface area contributed by atoms with Crippen molar-refractivity contribution in [3.63, 3.8) is 0 Å². The standard InChI is InChI=1S/C8H6Br2S2/c9-7-3-4-8(10,12-7)6-2-1-5-11-6/h1-3,5H,4H2. The Bertz CT molecular complexity index is 305. The number of hydrogen-bond donors (Lipinski definition) is 0. The average Bonchev–Trinajstić information content (AvgIpc) is 2.59. The summed E-state index contributed by atoms with van der Waals surface area (Å²) in [6.45, 7) is 0. The molecule has 0 fully saturated rings. The topological polar surface area (TPSA) is 0 Å². The van der Waals surface area contributed by atoms with Crippen LogP contribution in [0.3, 0.4) is 0 Å². The van der Waals surface area contributed by atoms with E-state index in [1.165, 1.54) is 8.69 Å². The largest absolute Gasteiger partial charge is 0.147 e. The highest BCUT2D eigenvalue weighted by molar-refractivity contribution is 9.15. The summed E-state index contributed by atoms with van der Waals surface area (Å²) in [6.07, 6.45) is 3.26. The molecule has 0 N–H and O–H groups in total. The van der Waals surface area contributed by atoms with Gasteiger partial charge in [-0.3, -0.25) is 0 Å². The molecule has 2 rings (SSSR count). The number of allylic oxidation sites excluding steroid dienone is 1. The highest BCUT2D eigenvalue weighted by atomic mass is 79.9. The molecule has 1 unspecified atom stereocenters. The van der Waals surface area contributed by atoms with Gasteiger partial charge >= 0.3 is 0 Å². The molecule has 64 valence electrons. The third kappa shape index (κ3) is 1.67. The molecule has 0 bridgehead atoms. The molecule has 4 heteroatoms. The van der Waals surface area contributed by atoms with E-state index in [4.69, 9.17) is 0 Å². The molecule has 1 atom stereocenters. The van der Waals surface area contributed by atoms with E-state index in [0.29, 0.717) is 0 Å². The third-order valence-electron chi connectivity index (χ3n) is 1.67. The summed E-state index contributed by atoms with van der Waals surface area (Å²) in [5.74, 6) is 0. The molecule has 0 saturated heterocycles. The minimum atomic E-state index is 0.0972. The number of alkyl halides is 1. The Morgan fingerprint density at radius 1 is 1.50 bits per heavy atom. The summed E-state index contributed by atoms with van der Waals surface area (Å²) < 4.78 is 1.33. The van der Waals surface area contributed by atoms with Crippen LogP contribution in [-0.2, 0) is 3.66 Å². The smallest absolute Gasteiger partial charge is 0.113 e. The van der Waals surface area contributed by atoms with E-state index in [1.807, 2.05) is 11.8 Å². The van der Waals surface area contributed by atoms with Gasteiger partial charge in [-0.1, -0.05) is 39.8 Å². The molecule has 1 aromatic heterocycles. The minimum absolute atomic E-state index is 0.0972. The van der Waals surface area contributed by atoms with Gasteiger partial charge in [-0.15, -0.1) is 11.3 Å². The predicted octanol–water partition coefficient (Wildman–Crippen LogP) is 4.67. The van der Waals surface area contributed by atoms with Gasteiger partial charge in [0.1, 0.15) is 3.66 Å². The van der Waals surface area contributed by atoms with Crippen LogP contribution < -0.4 is 0 Å². The zero-order valence-electron chi connectivity index (χ0n) is 6.09. The lowest BCUT2D eigenvalue weighted by molar-refractivity contribution is 0.958. The van der Waals surface area contributed by atoms with E-state index >= 15 is 0 Å². The first kappa shape index (κ1) is 9.31. The molecule has 1 aliphatic heterocycles. The van der Waals surface area contributed by atoms with Crippen LogP contribution in [0.15, 0.2) is 27.4 Å². The van der Waals surface area contributed by atoms with Gasteiger partial charge in [0.2, 0.25) is 0 Å². The first-order valence-electron chi connectivity index (χ1n) is 3.48. The molecule has 1 aliphatic rings. The van der Waals surface area contributed by atoms with E-state index in [2.05, 4.69) is 55.4 Å². The first-order chi connectivity index (χ1) is 5.71. The molecule has 0 aromatic carbocycles. The minimum Gasteiger partial charge on any atom is -0.147 e. The summed E-state index contributed by atoms with van der Waals surface area (Å²) in [5, 5.41) is 2.12. The van der Waals surface area contributed by atoms with Crippen molar-refractivity contribution in [1.82, 2.24) is 0 Å². The monoisotopic (exact) mass is 324 g/mol. The van der Waals surface area contributed by atoms with Crippen molar-refractivity contribution in [2.24, 2.45) is 0 Å². The Labute approximate surface area is 96.7 Å². The van der Waals surface area contributed by atoms with Crippen LogP contribution >= 0.6 is 55.0 Å². The van der Waals surface area contributed by atoms with Gasteiger partial charge in [0, 0.05) is 8.69 Å². The van der Waals surface area contributed by atoms with Gasteiger partial charge in [0.25, 0.3) is 0 Å². The maximum absolute atomic E-state index is 3.76. The fraction of sp³-hybridized carbons (Fsp3) is 0.250.